The molecule has 1 heterocycles. The number of thiazole rings is 1. The van der Waals surface area contributed by atoms with Crippen molar-refractivity contribution in [1.82, 2.24) is 10.3 Å². The first kappa shape index (κ1) is 29.7. The number of para-hydroxylation sites is 1. The predicted molar refractivity (Wildman–Crippen MR) is 172 cm³/mol. The summed E-state index contributed by atoms with van der Waals surface area (Å²) in [6.07, 6.45) is 0. The van der Waals surface area contributed by atoms with Gasteiger partial charge in [-0.25, -0.2) is 4.98 Å². The summed E-state index contributed by atoms with van der Waals surface area (Å²) in [5.74, 6) is 2.05. The number of aryl methyl sites for hydroxylation is 1. The molecular formula is C35H35N3O4S. The molecule has 220 valence electrons. The molecule has 1 N–H and O–H groups in total. The molecule has 0 saturated heterocycles. The van der Waals surface area contributed by atoms with E-state index in [1.807, 2.05) is 97.9 Å². The highest BCUT2D eigenvalue weighted by molar-refractivity contribution is 7.14. The maximum Gasteiger partial charge on any atom is 0.251 e. The third-order valence-electron chi connectivity index (χ3n) is 7.14. The van der Waals surface area contributed by atoms with Gasteiger partial charge in [0.25, 0.3) is 5.91 Å². The second-order valence-electron chi connectivity index (χ2n) is 10.1. The lowest BCUT2D eigenvalue weighted by Crippen LogP contribution is -2.24. The van der Waals surface area contributed by atoms with Crippen molar-refractivity contribution < 1.29 is 19.0 Å². The number of anilines is 1. The number of amides is 1. The van der Waals surface area contributed by atoms with Gasteiger partial charge in [0.05, 0.1) is 27.0 Å². The zero-order valence-corrected chi connectivity index (χ0v) is 25.6. The summed E-state index contributed by atoms with van der Waals surface area (Å²) in [7, 11) is 4.95. The monoisotopic (exact) mass is 593 g/mol. The molecule has 4 aromatic carbocycles. The molecule has 0 radical (unpaired) electrons. The van der Waals surface area contributed by atoms with Gasteiger partial charge in [0.2, 0.25) is 0 Å². The minimum Gasteiger partial charge on any atom is -0.497 e. The van der Waals surface area contributed by atoms with Crippen LogP contribution in [0.15, 0.2) is 96.4 Å². The number of rotatable bonds is 12. The molecule has 5 aromatic rings. The maximum atomic E-state index is 12.8. The van der Waals surface area contributed by atoms with E-state index in [1.54, 1.807) is 32.7 Å². The Labute approximate surface area is 256 Å². The molecule has 0 aliphatic carbocycles. The van der Waals surface area contributed by atoms with E-state index in [0.717, 1.165) is 38.8 Å². The summed E-state index contributed by atoms with van der Waals surface area (Å²) < 4.78 is 16.7. The number of hydrogen-bond donors (Lipinski definition) is 1. The van der Waals surface area contributed by atoms with Crippen LogP contribution in [-0.4, -0.2) is 32.2 Å². The fourth-order valence-electron chi connectivity index (χ4n) is 4.77. The van der Waals surface area contributed by atoms with E-state index < -0.39 is 0 Å². The predicted octanol–water partition coefficient (Wildman–Crippen LogP) is 7.28. The molecule has 0 aliphatic heterocycles. The van der Waals surface area contributed by atoms with Crippen LogP contribution >= 0.6 is 11.3 Å². The van der Waals surface area contributed by atoms with Crippen molar-refractivity contribution in [3.05, 3.63) is 124 Å². The van der Waals surface area contributed by atoms with Gasteiger partial charge in [0.15, 0.2) is 16.6 Å². The summed E-state index contributed by atoms with van der Waals surface area (Å²) in [5.41, 5.74) is 6.77. The number of benzene rings is 4. The third kappa shape index (κ3) is 7.34. The molecule has 0 fully saturated rings. The molecular weight excluding hydrogens is 558 g/mol. The quantitative estimate of drug-likeness (QED) is 0.164. The van der Waals surface area contributed by atoms with Gasteiger partial charge in [-0.3, -0.25) is 4.79 Å². The molecule has 0 bridgehead atoms. The lowest BCUT2D eigenvalue weighted by atomic mass is 10.1. The second kappa shape index (κ2) is 13.9. The van der Waals surface area contributed by atoms with Crippen molar-refractivity contribution in [2.24, 2.45) is 0 Å². The number of ether oxygens (including phenoxy) is 3. The molecule has 1 aromatic heterocycles. The molecule has 0 atom stereocenters. The molecule has 8 heteroatoms. The first-order chi connectivity index (χ1) is 21.0. The number of carbonyl (C=O) groups is 1. The summed E-state index contributed by atoms with van der Waals surface area (Å²) >= 11 is 1.58. The fraction of sp³-hybridized carbons (Fsp3) is 0.200. The van der Waals surface area contributed by atoms with Crippen LogP contribution in [-0.2, 0) is 19.6 Å². The highest BCUT2D eigenvalue weighted by Crippen LogP contribution is 2.35. The van der Waals surface area contributed by atoms with Gasteiger partial charge in [-0.1, -0.05) is 66.2 Å². The molecule has 1 amide bonds. The summed E-state index contributed by atoms with van der Waals surface area (Å²) in [4.78, 5) is 20.0. The van der Waals surface area contributed by atoms with E-state index in [-0.39, 0.29) is 5.91 Å². The number of hydrogen-bond acceptors (Lipinski definition) is 7. The smallest absolute Gasteiger partial charge is 0.251 e. The van der Waals surface area contributed by atoms with Gasteiger partial charge >= 0.3 is 0 Å². The number of aromatic nitrogens is 1. The zero-order chi connectivity index (χ0) is 30.2. The van der Waals surface area contributed by atoms with Crippen LogP contribution in [0, 0.1) is 6.92 Å². The Balaban J connectivity index is 1.37. The van der Waals surface area contributed by atoms with Gasteiger partial charge in [-0.15, -0.1) is 11.3 Å². The van der Waals surface area contributed by atoms with Gasteiger partial charge < -0.3 is 24.4 Å². The van der Waals surface area contributed by atoms with Crippen LogP contribution < -0.4 is 24.4 Å². The molecule has 5 rings (SSSR count). The van der Waals surface area contributed by atoms with Crippen molar-refractivity contribution in [1.29, 1.82) is 0 Å². The molecule has 0 spiro atoms. The lowest BCUT2D eigenvalue weighted by molar-refractivity contribution is 0.0951. The van der Waals surface area contributed by atoms with Crippen molar-refractivity contribution >= 4 is 22.4 Å². The largest absolute Gasteiger partial charge is 0.497 e. The Morgan fingerprint density at radius 3 is 2.30 bits per heavy atom. The van der Waals surface area contributed by atoms with Crippen LogP contribution in [0.5, 0.6) is 17.2 Å². The number of carbonyl (C=O) groups excluding carboxylic acids is 1. The van der Waals surface area contributed by atoms with Crippen molar-refractivity contribution in [3.8, 4) is 28.5 Å². The van der Waals surface area contributed by atoms with Crippen molar-refractivity contribution in [2.75, 3.05) is 26.2 Å². The minimum absolute atomic E-state index is 0.104. The number of nitrogens with one attached hydrogen (secondary N) is 1. The van der Waals surface area contributed by atoms with Gasteiger partial charge in [-0.2, -0.15) is 0 Å². The first-order valence-electron chi connectivity index (χ1n) is 13.9. The van der Waals surface area contributed by atoms with Crippen LogP contribution in [0.1, 0.15) is 32.6 Å². The van der Waals surface area contributed by atoms with Crippen LogP contribution in [0.25, 0.3) is 11.3 Å². The average molecular weight is 594 g/mol. The summed E-state index contributed by atoms with van der Waals surface area (Å²) in [6, 6.07) is 29.7. The average Bonchev–Trinajstić information content (AvgIpc) is 3.55. The minimum atomic E-state index is -0.104. The normalized spacial score (nSPS) is 10.7. The number of nitrogens with zero attached hydrogens (tertiary/aromatic N) is 2. The second-order valence-corrected chi connectivity index (χ2v) is 11.0. The lowest BCUT2D eigenvalue weighted by Gasteiger charge is -2.24. The van der Waals surface area contributed by atoms with Crippen LogP contribution in [0.4, 0.5) is 5.13 Å². The third-order valence-corrected chi connectivity index (χ3v) is 8.04. The van der Waals surface area contributed by atoms with Crippen LogP contribution in [0.2, 0.25) is 0 Å². The van der Waals surface area contributed by atoms with Crippen LogP contribution in [0.3, 0.4) is 0 Å². The van der Waals surface area contributed by atoms with Gasteiger partial charge in [0, 0.05) is 41.7 Å². The Hall–Kier alpha value is -4.82. The van der Waals surface area contributed by atoms with Gasteiger partial charge in [0.1, 0.15) is 5.75 Å². The SMILES string of the molecule is COc1cccc(-c2csc(N(Cc3ccc(C(=O)NCc4ccc(C)cc4)cc3)Cc3cccc(OC)c3OC)n2)c1. The fourth-order valence-corrected chi connectivity index (χ4v) is 5.61. The van der Waals surface area contributed by atoms with E-state index in [1.165, 1.54) is 5.56 Å². The highest BCUT2D eigenvalue weighted by atomic mass is 32.1. The molecule has 0 aliphatic rings. The highest BCUT2D eigenvalue weighted by Gasteiger charge is 2.18. The Kier molecular flexibility index (Phi) is 9.59. The zero-order valence-electron chi connectivity index (χ0n) is 24.8. The van der Waals surface area contributed by atoms with E-state index in [4.69, 9.17) is 19.2 Å². The van der Waals surface area contributed by atoms with E-state index >= 15 is 0 Å². The summed E-state index contributed by atoms with van der Waals surface area (Å²) in [5, 5.41) is 5.93. The maximum absolute atomic E-state index is 12.8. The first-order valence-corrected chi connectivity index (χ1v) is 14.8. The molecule has 0 unspecified atom stereocenters. The Bertz CT molecular complexity index is 1670. The molecule has 43 heavy (non-hydrogen) atoms. The topological polar surface area (TPSA) is 72.9 Å². The number of methoxy groups -OCH3 is 3. The molecule has 7 nitrogen and oxygen atoms in total. The molecule has 0 saturated carbocycles. The standard InChI is InChI=1S/C35H35N3O4S/c1-24-11-13-25(14-12-24)20-36-34(39)27-17-15-26(16-18-27)21-38(22-29-8-6-10-32(41-3)33(29)42-4)35-37-31(23-43-35)28-7-5-9-30(19-28)40-2/h5-19,23H,20-22H2,1-4H3,(H,36,39). The van der Waals surface area contributed by atoms with Crippen molar-refractivity contribution in [2.45, 2.75) is 26.6 Å². The van der Waals surface area contributed by atoms with E-state index in [2.05, 4.69) is 15.6 Å². The van der Waals surface area contributed by atoms with E-state index in [9.17, 15) is 4.79 Å². The Morgan fingerprint density at radius 1 is 0.837 bits per heavy atom. The van der Waals surface area contributed by atoms with Gasteiger partial charge in [-0.05, 0) is 48.4 Å². The Morgan fingerprint density at radius 2 is 1.58 bits per heavy atom. The van der Waals surface area contributed by atoms with E-state index in [0.29, 0.717) is 36.7 Å². The van der Waals surface area contributed by atoms with Crippen molar-refractivity contribution in [3.63, 3.8) is 0 Å². The summed E-state index contributed by atoms with van der Waals surface area (Å²) in [6.45, 7) is 3.66.